The number of piperidine rings is 1. The number of hydrogen-bond donors (Lipinski definition) is 1. The van der Waals surface area contributed by atoms with Gasteiger partial charge in [0.05, 0.1) is 29.6 Å². The van der Waals surface area contributed by atoms with E-state index in [4.69, 9.17) is 33.5 Å². The fraction of sp³-hybridized carbons (Fsp3) is 0.312. The third kappa shape index (κ3) is 4.93. The maximum atomic E-state index is 6.97. The highest BCUT2D eigenvalue weighted by molar-refractivity contribution is 7.80. The van der Waals surface area contributed by atoms with E-state index in [1.54, 1.807) is 7.11 Å². The van der Waals surface area contributed by atoms with Gasteiger partial charge in [-0.2, -0.15) is 0 Å². The molecule has 2 aliphatic rings. The molecule has 2 aromatic heterocycles. The first kappa shape index (κ1) is 26.7. The number of benzene rings is 2. The van der Waals surface area contributed by atoms with E-state index < -0.39 is 0 Å². The van der Waals surface area contributed by atoms with Crippen molar-refractivity contribution in [2.75, 3.05) is 30.0 Å². The molecule has 6 nitrogen and oxygen atoms in total. The van der Waals surface area contributed by atoms with Crippen LogP contribution in [0, 0.1) is 12.8 Å². The molecule has 2 aliphatic heterocycles. The van der Waals surface area contributed by atoms with Crippen molar-refractivity contribution in [2.45, 2.75) is 38.8 Å². The van der Waals surface area contributed by atoms with E-state index in [-0.39, 0.29) is 12.1 Å². The van der Waals surface area contributed by atoms with Crippen LogP contribution < -0.4 is 19.9 Å². The first-order chi connectivity index (χ1) is 19.4. The molecule has 0 bridgehead atoms. The summed E-state index contributed by atoms with van der Waals surface area (Å²) in [7, 11) is 1.68. The van der Waals surface area contributed by atoms with Gasteiger partial charge in [0.15, 0.2) is 5.11 Å². The van der Waals surface area contributed by atoms with Crippen LogP contribution in [0.4, 0.5) is 11.4 Å². The van der Waals surface area contributed by atoms with Crippen LogP contribution in [0.25, 0.3) is 5.69 Å². The second-order valence-electron chi connectivity index (χ2n) is 10.7. The zero-order valence-corrected chi connectivity index (χ0v) is 24.6. The number of methoxy groups -OCH3 is 1. The molecule has 6 rings (SSSR count). The number of pyridine rings is 1. The number of aryl methyl sites for hydroxylation is 1. The summed E-state index contributed by atoms with van der Waals surface area (Å²) in [6.45, 7) is 6.51. The van der Waals surface area contributed by atoms with Crippen molar-refractivity contribution < 1.29 is 4.74 Å². The van der Waals surface area contributed by atoms with Crippen LogP contribution in [-0.2, 0) is 0 Å². The molecule has 8 heteroatoms. The average molecular weight is 572 g/mol. The van der Waals surface area contributed by atoms with Gasteiger partial charge in [0, 0.05) is 42.0 Å². The van der Waals surface area contributed by atoms with Crippen LogP contribution in [0.3, 0.4) is 0 Å². The van der Waals surface area contributed by atoms with Crippen molar-refractivity contribution in [1.82, 2.24) is 14.9 Å². The quantitative estimate of drug-likeness (QED) is 0.246. The molecular weight excluding hydrogens is 538 g/mol. The first-order valence-electron chi connectivity index (χ1n) is 13.8. The molecule has 2 saturated heterocycles. The van der Waals surface area contributed by atoms with Crippen molar-refractivity contribution in [3.63, 3.8) is 0 Å². The Bertz CT molecular complexity index is 1500. The van der Waals surface area contributed by atoms with Crippen molar-refractivity contribution in [3.8, 4) is 11.4 Å². The molecule has 206 valence electrons. The Kier molecular flexibility index (Phi) is 7.43. The maximum absolute atomic E-state index is 6.97. The third-order valence-corrected chi connectivity index (χ3v) is 8.79. The zero-order chi connectivity index (χ0) is 27.8. The van der Waals surface area contributed by atoms with Gasteiger partial charge in [-0.15, -0.1) is 0 Å². The van der Waals surface area contributed by atoms with Crippen molar-refractivity contribution in [2.24, 2.45) is 5.92 Å². The fourth-order valence-electron chi connectivity index (χ4n) is 5.96. The average Bonchev–Trinajstić information content (AvgIpc) is 3.53. The monoisotopic (exact) mass is 571 g/mol. The van der Waals surface area contributed by atoms with Crippen molar-refractivity contribution in [3.05, 3.63) is 101 Å². The largest absolute Gasteiger partial charge is 0.497 e. The van der Waals surface area contributed by atoms with E-state index in [0.29, 0.717) is 5.11 Å². The van der Waals surface area contributed by atoms with Gasteiger partial charge in [-0.05, 0) is 105 Å². The summed E-state index contributed by atoms with van der Waals surface area (Å²) >= 11 is 13.0. The van der Waals surface area contributed by atoms with E-state index in [1.807, 2.05) is 30.5 Å². The van der Waals surface area contributed by atoms with E-state index in [2.05, 4.69) is 82.1 Å². The second kappa shape index (κ2) is 11.1. The molecular formula is C32H34ClN5OS. The molecule has 0 amide bonds. The van der Waals surface area contributed by atoms with Crippen LogP contribution >= 0.6 is 23.8 Å². The Labute approximate surface area is 246 Å². The predicted octanol–water partition coefficient (Wildman–Crippen LogP) is 7.26. The van der Waals surface area contributed by atoms with Gasteiger partial charge in [-0.3, -0.25) is 4.98 Å². The number of hydrogen-bond acceptors (Lipinski definition) is 4. The van der Waals surface area contributed by atoms with E-state index >= 15 is 0 Å². The molecule has 2 fully saturated rings. The molecule has 4 heterocycles. The number of nitrogens with one attached hydrogen (secondary N) is 1. The van der Waals surface area contributed by atoms with Crippen LogP contribution in [0.2, 0.25) is 5.02 Å². The molecule has 4 aromatic rings. The topological polar surface area (TPSA) is 45.6 Å². The lowest BCUT2D eigenvalue weighted by atomic mass is 9.98. The van der Waals surface area contributed by atoms with Gasteiger partial charge in [0.1, 0.15) is 11.8 Å². The lowest BCUT2D eigenvalue weighted by Crippen LogP contribution is -2.33. The second-order valence-corrected chi connectivity index (χ2v) is 11.5. The van der Waals surface area contributed by atoms with Crippen LogP contribution in [-0.4, -0.2) is 34.9 Å². The summed E-state index contributed by atoms with van der Waals surface area (Å²) in [5.74, 6) is 1.58. The summed E-state index contributed by atoms with van der Waals surface area (Å²) in [5, 5.41) is 4.98. The SMILES string of the molecule is COc1ccc(-n2c(C)ccc2C2C(c3ccccn3)NC(=S)N2c2ccc(N3CCC(C)CC3)c(Cl)c2)cc1. The highest BCUT2D eigenvalue weighted by Gasteiger charge is 2.42. The van der Waals surface area contributed by atoms with Gasteiger partial charge < -0.3 is 24.4 Å². The lowest BCUT2D eigenvalue weighted by molar-refractivity contribution is 0.414. The molecule has 2 atom stereocenters. The minimum Gasteiger partial charge on any atom is -0.497 e. The highest BCUT2D eigenvalue weighted by atomic mass is 35.5. The van der Waals surface area contributed by atoms with E-state index in [1.165, 1.54) is 12.8 Å². The number of ether oxygens (including phenoxy) is 1. The molecule has 0 radical (unpaired) electrons. The normalized spacial score (nSPS) is 19.6. The number of anilines is 2. The Morgan fingerprint density at radius 3 is 2.40 bits per heavy atom. The van der Waals surface area contributed by atoms with Crippen LogP contribution in [0.5, 0.6) is 5.75 Å². The van der Waals surface area contributed by atoms with Gasteiger partial charge >= 0.3 is 0 Å². The van der Waals surface area contributed by atoms with E-state index in [9.17, 15) is 0 Å². The summed E-state index contributed by atoms with van der Waals surface area (Å²) in [5.41, 5.74) is 6.28. The maximum Gasteiger partial charge on any atom is 0.174 e. The highest BCUT2D eigenvalue weighted by Crippen LogP contribution is 2.44. The molecule has 2 aromatic carbocycles. The minimum absolute atomic E-state index is 0.151. The molecule has 1 N–H and O–H groups in total. The van der Waals surface area contributed by atoms with Gasteiger partial charge in [0.2, 0.25) is 0 Å². The molecule has 0 aliphatic carbocycles. The first-order valence-corrected chi connectivity index (χ1v) is 14.6. The smallest absolute Gasteiger partial charge is 0.174 e. The standard InChI is InChI=1S/C32H34ClN5OS/c1-21-15-18-36(19-16-21)28-14-10-24(20-26(28)33)38-31(30(35-32(38)40)27-6-4-5-17-34-27)29-13-7-22(2)37(29)23-8-11-25(39-3)12-9-23/h4-14,17,20-21,30-31H,15-16,18-19H2,1-3H3,(H,35,40). The molecule has 2 unspecified atom stereocenters. The third-order valence-electron chi connectivity index (χ3n) is 8.17. The van der Waals surface area contributed by atoms with Crippen LogP contribution in [0.15, 0.2) is 79.0 Å². The van der Waals surface area contributed by atoms with Gasteiger partial charge in [-0.1, -0.05) is 24.6 Å². The van der Waals surface area contributed by atoms with Gasteiger partial charge in [-0.25, -0.2) is 0 Å². The van der Waals surface area contributed by atoms with E-state index in [0.717, 1.165) is 63.9 Å². The number of aromatic nitrogens is 2. The van der Waals surface area contributed by atoms with Gasteiger partial charge in [0.25, 0.3) is 0 Å². The number of rotatable bonds is 6. The Balaban J connectivity index is 1.44. The summed E-state index contributed by atoms with van der Waals surface area (Å²) in [6, 6.07) is 24.6. The summed E-state index contributed by atoms with van der Waals surface area (Å²) in [6.07, 6.45) is 4.21. The lowest BCUT2D eigenvalue weighted by Gasteiger charge is -2.34. The molecule has 40 heavy (non-hydrogen) atoms. The Morgan fingerprint density at radius 2 is 1.73 bits per heavy atom. The minimum atomic E-state index is -0.157. The van der Waals surface area contributed by atoms with Crippen molar-refractivity contribution >= 4 is 40.3 Å². The number of halogens is 1. The molecule has 0 spiro atoms. The number of nitrogens with zero attached hydrogens (tertiary/aromatic N) is 4. The summed E-state index contributed by atoms with van der Waals surface area (Å²) < 4.78 is 7.70. The fourth-order valence-corrected chi connectivity index (χ4v) is 6.60. The number of thiocarbonyl (C=S) groups is 1. The van der Waals surface area contributed by atoms with Crippen molar-refractivity contribution in [1.29, 1.82) is 0 Å². The summed E-state index contributed by atoms with van der Waals surface area (Å²) in [4.78, 5) is 9.32. The molecule has 0 saturated carbocycles. The predicted molar refractivity (Wildman–Crippen MR) is 167 cm³/mol. The Hall–Kier alpha value is -3.55. The Morgan fingerprint density at radius 1 is 0.975 bits per heavy atom. The van der Waals surface area contributed by atoms with Crippen LogP contribution in [0.1, 0.15) is 48.9 Å². The zero-order valence-electron chi connectivity index (χ0n) is 23.0.